The van der Waals surface area contributed by atoms with Gasteiger partial charge >= 0.3 is 23.9 Å². The number of urea groups is 1. The molecule has 0 aromatic carbocycles. The average molecular weight is 502 g/mol. The molecule has 0 aromatic heterocycles. The van der Waals surface area contributed by atoms with E-state index in [4.69, 9.17) is 19.9 Å². The van der Waals surface area contributed by atoms with Crippen LogP contribution in [0.3, 0.4) is 0 Å². The molecule has 0 unspecified atom stereocenters. The molecule has 0 rings (SSSR count). The Morgan fingerprint density at radius 2 is 1.26 bits per heavy atom. The maximum Gasteiger partial charge on any atom is 0.329 e. The van der Waals surface area contributed by atoms with Crippen molar-refractivity contribution in [3.8, 4) is 0 Å². The lowest BCUT2D eigenvalue weighted by molar-refractivity contribution is -0.160. The van der Waals surface area contributed by atoms with Crippen LogP contribution in [0.2, 0.25) is 0 Å². The Hall–Kier alpha value is -2.36. The monoisotopic (exact) mass is 501 g/mol. The molecule has 2 amide bonds. The van der Waals surface area contributed by atoms with E-state index in [1.54, 1.807) is 62.3 Å². The van der Waals surface area contributed by atoms with Crippen LogP contribution in [0.15, 0.2) is 0 Å². The Morgan fingerprint density at radius 1 is 0.771 bits per heavy atom. The van der Waals surface area contributed by atoms with Gasteiger partial charge in [-0.3, -0.25) is 4.79 Å². The number of hydrogen-bond donors (Lipinski definition) is 2. The fraction of sp³-hybridized carbons (Fsp3) is 0.840. The Bertz CT molecular complexity index is 718. The number of nitrogens with one attached hydrogen (secondary N) is 1. The molecule has 0 saturated heterocycles. The van der Waals surface area contributed by atoms with Gasteiger partial charge in [0.05, 0.1) is 0 Å². The molecule has 0 bridgehead atoms. The van der Waals surface area contributed by atoms with Crippen LogP contribution in [0.25, 0.3) is 0 Å². The lowest BCUT2D eigenvalue weighted by Crippen LogP contribution is -2.53. The van der Waals surface area contributed by atoms with E-state index in [2.05, 4.69) is 5.32 Å². The summed E-state index contributed by atoms with van der Waals surface area (Å²) < 4.78 is 16.2. The van der Waals surface area contributed by atoms with Crippen LogP contribution in [-0.2, 0) is 28.6 Å². The van der Waals surface area contributed by atoms with Crippen molar-refractivity contribution in [1.29, 1.82) is 0 Å². The fourth-order valence-electron chi connectivity index (χ4n) is 2.99. The number of amides is 2. The van der Waals surface area contributed by atoms with Crippen LogP contribution in [0.1, 0.15) is 94.4 Å². The number of unbranched alkanes of at least 4 members (excludes halogenated alkanes) is 1. The molecule has 35 heavy (non-hydrogen) atoms. The van der Waals surface area contributed by atoms with E-state index in [1.807, 2.05) is 0 Å². The molecule has 0 saturated carbocycles. The first kappa shape index (κ1) is 32.6. The highest BCUT2D eigenvalue weighted by molar-refractivity contribution is 5.87. The van der Waals surface area contributed by atoms with Crippen LogP contribution in [0.5, 0.6) is 0 Å². The van der Waals surface area contributed by atoms with Gasteiger partial charge in [0, 0.05) is 13.5 Å². The number of esters is 3. The van der Waals surface area contributed by atoms with Gasteiger partial charge < -0.3 is 30.2 Å². The van der Waals surface area contributed by atoms with Crippen LogP contribution in [0, 0.1) is 0 Å². The van der Waals surface area contributed by atoms with E-state index in [0.29, 0.717) is 25.8 Å². The molecule has 0 aliphatic rings. The number of carbonyl (C=O) groups is 4. The summed E-state index contributed by atoms with van der Waals surface area (Å²) >= 11 is 0. The lowest BCUT2D eigenvalue weighted by Gasteiger charge is -2.31. The van der Waals surface area contributed by atoms with Crippen molar-refractivity contribution < 1.29 is 33.4 Å². The van der Waals surface area contributed by atoms with E-state index < -0.39 is 52.8 Å². The third-order valence-electron chi connectivity index (χ3n) is 4.44. The van der Waals surface area contributed by atoms with Crippen LogP contribution < -0.4 is 11.1 Å². The third kappa shape index (κ3) is 15.3. The molecule has 0 aliphatic heterocycles. The quantitative estimate of drug-likeness (QED) is 0.250. The number of hydrogen-bond acceptors (Lipinski definition) is 8. The molecule has 10 nitrogen and oxygen atoms in total. The highest BCUT2D eigenvalue weighted by Gasteiger charge is 2.34. The maximum atomic E-state index is 13.1. The SMILES string of the molecule is CN(C(=O)N[C@@H](CCC(=O)OC(C)(C)C)C(=O)OC(C)(C)C)[C@@H](CCCCN)C(=O)OC(C)(C)C. The predicted molar refractivity (Wildman–Crippen MR) is 134 cm³/mol. The number of nitrogens with zero attached hydrogens (tertiary/aromatic N) is 1. The number of nitrogens with two attached hydrogens (primary N) is 1. The van der Waals surface area contributed by atoms with E-state index in [-0.39, 0.29) is 12.8 Å². The highest BCUT2D eigenvalue weighted by atomic mass is 16.6. The second-order valence-electron chi connectivity index (χ2n) is 11.6. The minimum absolute atomic E-state index is 0.0202. The molecule has 0 radical (unpaired) electrons. The Labute approximate surface area is 210 Å². The number of carbonyl (C=O) groups excluding carboxylic acids is 4. The topological polar surface area (TPSA) is 137 Å². The van der Waals surface area contributed by atoms with E-state index in [1.165, 1.54) is 11.9 Å². The number of likely N-dealkylation sites (N-methyl/N-ethyl adjacent to an activating group) is 1. The van der Waals surface area contributed by atoms with Crippen molar-refractivity contribution in [2.75, 3.05) is 13.6 Å². The minimum atomic E-state index is -1.11. The number of rotatable bonds is 11. The Kier molecular flexibility index (Phi) is 12.7. The summed E-state index contributed by atoms with van der Waals surface area (Å²) in [6.45, 7) is 16.1. The standard InChI is InChI=1S/C25H47N3O7/c1-23(2,3)33-19(29)15-14-17(20(30)34-24(4,5)6)27-22(32)28(10)18(13-11-12-16-26)21(31)35-25(7,8)9/h17-18H,11-16,26H2,1-10H3,(H,27,32)/t17-,18-/m0/s1. The van der Waals surface area contributed by atoms with Crippen molar-refractivity contribution in [2.45, 2.75) is 123 Å². The third-order valence-corrected chi connectivity index (χ3v) is 4.44. The molecule has 0 aliphatic carbocycles. The summed E-state index contributed by atoms with van der Waals surface area (Å²) in [5.41, 5.74) is 3.38. The summed E-state index contributed by atoms with van der Waals surface area (Å²) in [7, 11) is 1.46. The molecule has 0 spiro atoms. The zero-order valence-corrected chi connectivity index (χ0v) is 23.3. The fourth-order valence-corrected chi connectivity index (χ4v) is 2.99. The van der Waals surface area contributed by atoms with E-state index in [9.17, 15) is 19.2 Å². The van der Waals surface area contributed by atoms with Gasteiger partial charge in [0.25, 0.3) is 0 Å². The molecule has 10 heteroatoms. The Morgan fingerprint density at radius 3 is 1.71 bits per heavy atom. The number of ether oxygens (including phenoxy) is 3. The predicted octanol–water partition coefficient (Wildman–Crippen LogP) is 3.30. The second-order valence-corrected chi connectivity index (χ2v) is 11.6. The highest BCUT2D eigenvalue weighted by Crippen LogP contribution is 2.17. The van der Waals surface area contributed by atoms with Gasteiger partial charge in [-0.2, -0.15) is 0 Å². The van der Waals surface area contributed by atoms with Gasteiger partial charge in [0.1, 0.15) is 28.9 Å². The van der Waals surface area contributed by atoms with E-state index in [0.717, 1.165) is 0 Å². The molecule has 0 heterocycles. The van der Waals surface area contributed by atoms with Gasteiger partial charge in [-0.05, 0) is 94.5 Å². The van der Waals surface area contributed by atoms with Crippen LogP contribution in [-0.4, -0.2) is 71.3 Å². The van der Waals surface area contributed by atoms with Crippen molar-refractivity contribution in [1.82, 2.24) is 10.2 Å². The van der Waals surface area contributed by atoms with Crippen molar-refractivity contribution in [3.05, 3.63) is 0 Å². The summed E-state index contributed by atoms with van der Waals surface area (Å²) in [5, 5.41) is 2.62. The average Bonchev–Trinajstić information content (AvgIpc) is 2.63. The van der Waals surface area contributed by atoms with Gasteiger partial charge in [-0.1, -0.05) is 0 Å². The summed E-state index contributed by atoms with van der Waals surface area (Å²) in [6.07, 6.45) is 1.53. The molecular formula is C25H47N3O7. The van der Waals surface area contributed by atoms with Gasteiger partial charge in [0.15, 0.2) is 0 Å². The van der Waals surface area contributed by atoms with Crippen molar-refractivity contribution in [3.63, 3.8) is 0 Å². The van der Waals surface area contributed by atoms with Gasteiger partial charge in [-0.15, -0.1) is 0 Å². The first-order valence-electron chi connectivity index (χ1n) is 12.2. The maximum absolute atomic E-state index is 13.1. The van der Waals surface area contributed by atoms with Crippen LogP contribution >= 0.6 is 0 Å². The van der Waals surface area contributed by atoms with Crippen molar-refractivity contribution in [2.24, 2.45) is 5.73 Å². The van der Waals surface area contributed by atoms with E-state index >= 15 is 0 Å². The minimum Gasteiger partial charge on any atom is -0.460 e. The molecule has 3 N–H and O–H groups in total. The molecular weight excluding hydrogens is 454 g/mol. The zero-order chi connectivity index (χ0) is 27.6. The molecule has 0 aromatic rings. The summed E-state index contributed by atoms with van der Waals surface area (Å²) in [4.78, 5) is 52.1. The largest absolute Gasteiger partial charge is 0.460 e. The smallest absolute Gasteiger partial charge is 0.329 e. The zero-order valence-electron chi connectivity index (χ0n) is 23.3. The molecule has 204 valence electrons. The Balaban J connectivity index is 5.60. The van der Waals surface area contributed by atoms with Gasteiger partial charge in [-0.25, -0.2) is 14.4 Å². The lowest BCUT2D eigenvalue weighted by atomic mass is 10.1. The summed E-state index contributed by atoms with van der Waals surface area (Å²) in [6, 6.07) is -2.64. The first-order chi connectivity index (χ1) is 15.8. The summed E-state index contributed by atoms with van der Waals surface area (Å²) in [5.74, 6) is -1.73. The van der Waals surface area contributed by atoms with Crippen molar-refractivity contribution >= 4 is 23.9 Å². The molecule has 2 atom stereocenters. The molecule has 0 fully saturated rings. The van der Waals surface area contributed by atoms with Crippen LogP contribution in [0.4, 0.5) is 4.79 Å². The van der Waals surface area contributed by atoms with Gasteiger partial charge in [0.2, 0.25) is 0 Å². The normalized spacial score (nSPS) is 13.9. The first-order valence-corrected chi connectivity index (χ1v) is 12.2. The second kappa shape index (κ2) is 13.7.